The van der Waals surface area contributed by atoms with E-state index in [1.807, 2.05) is 18.4 Å². The lowest BCUT2D eigenvalue weighted by Crippen LogP contribution is -2.41. The average molecular weight is 355 g/mol. The van der Waals surface area contributed by atoms with Gasteiger partial charge < -0.3 is 10.2 Å². The van der Waals surface area contributed by atoms with Gasteiger partial charge >= 0.3 is 0 Å². The van der Waals surface area contributed by atoms with E-state index < -0.39 is 0 Å². The monoisotopic (exact) mass is 354 g/mol. The van der Waals surface area contributed by atoms with Gasteiger partial charge in [0.2, 0.25) is 0 Å². The molecule has 2 heterocycles. The Morgan fingerprint density at radius 2 is 2.12 bits per heavy atom. The van der Waals surface area contributed by atoms with Gasteiger partial charge in [0.05, 0.1) is 10.7 Å². The quantitative estimate of drug-likeness (QED) is 0.518. The molecule has 0 bridgehead atoms. The topological polar surface area (TPSA) is 40.5 Å². The van der Waals surface area contributed by atoms with Gasteiger partial charge in [-0.25, -0.2) is 4.98 Å². The first-order valence-corrected chi connectivity index (χ1v) is 10.2. The predicted molar refractivity (Wildman–Crippen MR) is 106 cm³/mol. The second-order valence-corrected chi connectivity index (χ2v) is 7.96. The molecule has 5 heteroatoms. The van der Waals surface area contributed by atoms with Crippen molar-refractivity contribution in [3.63, 3.8) is 0 Å². The van der Waals surface area contributed by atoms with Crippen LogP contribution in [0, 0.1) is 0 Å². The Morgan fingerprint density at radius 1 is 1.24 bits per heavy atom. The summed E-state index contributed by atoms with van der Waals surface area (Å²) < 4.78 is 0. The van der Waals surface area contributed by atoms with Gasteiger partial charge in [0.1, 0.15) is 0 Å². The van der Waals surface area contributed by atoms with Crippen LogP contribution in [0.1, 0.15) is 40.4 Å². The molecule has 1 aromatic carbocycles. The molecule has 25 heavy (non-hydrogen) atoms. The summed E-state index contributed by atoms with van der Waals surface area (Å²) in [6.45, 7) is 1.95. The smallest absolute Gasteiger partial charge is 0.198 e. The largest absolute Gasteiger partial charge is 0.356 e. The summed E-state index contributed by atoms with van der Waals surface area (Å²) in [6.07, 6.45) is 8.34. The molecule has 0 unspecified atom stereocenters. The van der Waals surface area contributed by atoms with Crippen LogP contribution in [-0.2, 0) is 25.7 Å². The zero-order valence-corrected chi connectivity index (χ0v) is 15.7. The molecule has 0 spiro atoms. The van der Waals surface area contributed by atoms with Crippen molar-refractivity contribution in [3.8, 4) is 0 Å². The fourth-order valence-corrected chi connectivity index (χ4v) is 5.00. The lowest BCUT2D eigenvalue weighted by molar-refractivity contribution is 0.678. The van der Waals surface area contributed by atoms with E-state index in [1.165, 1.54) is 47.6 Å². The maximum atomic E-state index is 4.84. The van der Waals surface area contributed by atoms with Crippen molar-refractivity contribution in [1.82, 2.24) is 10.3 Å². The Morgan fingerprint density at radius 3 is 3.00 bits per heavy atom. The second kappa shape index (κ2) is 7.56. The molecule has 4 rings (SSSR count). The number of rotatable bonds is 4. The number of thiazole rings is 1. The van der Waals surface area contributed by atoms with Gasteiger partial charge in [-0.3, -0.25) is 4.99 Å². The molecule has 0 amide bonds. The fraction of sp³-hybridized carbons (Fsp3) is 0.500. The highest BCUT2D eigenvalue weighted by molar-refractivity contribution is 7.11. The van der Waals surface area contributed by atoms with Crippen LogP contribution < -0.4 is 10.2 Å². The van der Waals surface area contributed by atoms with E-state index in [-0.39, 0.29) is 0 Å². The summed E-state index contributed by atoms with van der Waals surface area (Å²) in [7, 11) is 1.87. The van der Waals surface area contributed by atoms with Gasteiger partial charge in [0, 0.05) is 37.1 Å². The van der Waals surface area contributed by atoms with Gasteiger partial charge in [-0.15, -0.1) is 11.3 Å². The summed E-state index contributed by atoms with van der Waals surface area (Å²) in [6, 6.07) is 8.63. The minimum atomic E-state index is 0.940. The van der Waals surface area contributed by atoms with Crippen molar-refractivity contribution >= 4 is 23.0 Å². The van der Waals surface area contributed by atoms with Crippen LogP contribution in [0.4, 0.5) is 5.69 Å². The summed E-state index contributed by atoms with van der Waals surface area (Å²) in [5, 5.41) is 4.85. The Hall–Kier alpha value is -1.88. The van der Waals surface area contributed by atoms with E-state index in [0.29, 0.717) is 0 Å². The van der Waals surface area contributed by atoms with E-state index in [1.54, 1.807) is 4.88 Å². The van der Waals surface area contributed by atoms with Crippen molar-refractivity contribution in [2.24, 2.45) is 4.99 Å². The van der Waals surface area contributed by atoms with Crippen molar-refractivity contribution in [3.05, 3.63) is 45.4 Å². The Labute approximate surface area is 154 Å². The molecule has 0 saturated heterocycles. The maximum Gasteiger partial charge on any atom is 0.198 e. The summed E-state index contributed by atoms with van der Waals surface area (Å²) in [5.74, 6) is 0.989. The number of guanidine groups is 1. The summed E-state index contributed by atoms with van der Waals surface area (Å²) in [5.41, 5.74) is 4.09. The molecule has 2 aromatic rings. The van der Waals surface area contributed by atoms with Gasteiger partial charge in [-0.05, 0) is 50.2 Å². The van der Waals surface area contributed by atoms with Gasteiger partial charge in [-0.2, -0.15) is 0 Å². The first kappa shape index (κ1) is 16.6. The molecular weight excluding hydrogens is 328 g/mol. The van der Waals surface area contributed by atoms with Crippen molar-refractivity contribution in [2.75, 3.05) is 25.0 Å². The van der Waals surface area contributed by atoms with Crippen LogP contribution in [0.15, 0.2) is 29.3 Å². The average Bonchev–Trinajstić information content (AvgIpc) is 3.25. The first-order valence-electron chi connectivity index (χ1n) is 9.38. The third-order valence-corrected chi connectivity index (χ3v) is 6.31. The van der Waals surface area contributed by atoms with Crippen LogP contribution in [0.2, 0.25) is 0 Å². The van der Waals surface area contributed by atoms with Crippen LogP contribution in [0.5, 0.6) is 0 Å². The number of nitrogens with one attached hydrogen (secondary N) is 1. The molecule has 0 atom stereocenters. The predicted octanol–water partition coefficient (Wildman–Crippen LogP) is 3.59. The van der Waals surface area contributed by atoms with E-state index in [9.17, 15) is 0 Å². The van der Waals surface area contributed by atoms with E-state index in [0.717, 1.165) is 38.3 Å². The lowest BCUT2D eigenvalue weighted by atomic mass is 10.0. The minimum Gasteiger partial charge on any atom is -0.356 e. The number of benzene rings is 1. The molecule has 0 saturated carbocycles. The molecule has 0 fully saturated rings. The third kappa shape index (κ3) is 3.56. The van der Waals surface area contributed by atoms with Crippen LogP contribution in [0.3, 0.4) is 0 Å². The highest BCUT2D eigenvalue weighted by Crippen LogP contribution is 2.28. The number of aromatic nitrogens is 1. The SMILES string of the molecule is CN=C(NCCCc1nc2c(s1)CCCC2)N1CCc2ccccc21. The molecule has 2 aliphatic rings. The molecule has 4 nitrogen and oxygen atoms in total. The Balaban J connectivity index is 1.30. The van der Waals surface area contributed by atoms with Crippen molar-refractivity contribution < 1.29 is 0 Å². The molecule has 1 aliphatic carbocycles. The zero-order valence-electron chi connectivity index (χ0n) is 14.9. The number of anilines is 1. The normalized spacial score (nSPS) is 16.7. The summed E-state index contributed by atoms with van der Waals surface area (Å²) in [4.78, 5) is 13.2. The first-order chi connectivity index (χ1) is 12.3. The highest BCUT2D eigenvalue weighted by Gasteiger charge is 2.22. The lowest BCUT2D eigenvalue weighted by Gasteiger charge is -2.22. The van der Waals surface area contributed by atoms with Gasteiger partial charge in [-0.1, -0.05) is 18.2 Å². The number of nitrogens with zero attached hydrogens (tertiary/aromatic N) is 3. The molecule has 1 aliphatic heterocycles. The molecule has 1 aromatic heterocycles. The van der Waals surface area contributed by atoms with E-state index >= 15 is 0 Å². The Kier molecular flexibility index (Phi) is 5.02. The van der Waals surface area contributed by atoms with Crippen LogP contribution in [-0.4, -0.2) is 31.1 Å². The molecule has 132 valence electrons. The third-order valence-electron chi connectivity index (χ3n) is 5.10. The van der Waals surface area contributed by atoms with Crippen molar-refractivity contribution in [1.29, 1.82) is 0 Å². The number of hydrogen-bond acceptors (Lipinski definition) is 3. The summed E-state index contributed by atoms with van der Waals surface area (Å²) >= 11 is 1.94. The minimum absolute atomic E-state index is 0.940. The van der Waals surface area contributed by atoms with Crippen LogP contribution >= 0.6 is 11.3 Å². The van der Waals surface area contributed by atoms with E-state index in [2.05, 4.69) is 39.5 Å². The van der Waals surface area contributed by atoms with Crippen molar-refractivity contribution in [2.45, 2.75) is 44.9 Å². The number of hydrogen-bond donors (Lipinski definition) is 1. The van der Waals surface area contributed by atoms with E-state index in [4.69, 9.17) is 4.98 Å². The molecule has 1 N–H and O–H groups in total. The molecule has 0 radical (unpaired) electrons. The number of aryl methyl sites for hydroxylation is 3. The Bertz CT molecular complexity index is 741. The molecular formula is C20H26N4S. The zero-order chi connectivity index (χ0) is 17.1. The van der Waals surface area contributed by atoms with Gasteiger partial charge in [0.25, 0.3) is 0 Å². The van der Waals surface area contributed by atoms with Crippen LogP contribution in [0.25, 0.3) is 0 Å². The second-order valence-electron chi connectivity index (χ2n) is 6.79. The number of aliphatic imine (C=N–C) groups is 1. The number of fused-ring (bicyclic) bond motifs is 2. The fourth-order valence-electron chi connectivity index (χ4n) is 3.81. The highest BCUT2D eigenvalue weighted by atomic mass is 32.1. The van der Waals surface area contributed by atoms with Gasteiger partial charge in [0.15, 0.2) is 5.96 Å². The maximum absolute atomic E-state index is 4.84. The standard InChI is InChI=1S/C20H26N4S/c1-21-20(24-14-12-15-7-2-4-9-17(15)24)22-13-6-11-19-23-16-8-3-5-10-18(16)25-19/h2,4,7,9H,3,5-6,8,10-14H2,1H3,(H,21,22). The number of para-hydroxylation sites is 1.